The van der Waals surface area contributed by atoms with Gasteiger partial charge >= 0.3 is 5.97 Å². The van der Waals surface area contributed by atoms with Crippen LogP contribution in [-0.4, -0.2) is 76.8 Å². The zero-order chi connectivity index (χ0) is 27.7. The van der Waals surface area contributed by atoms with Crippen LogP contribution in [0.25, 0.3) is 0 Å². The maximum atomic E-state index is 12.5. The molecule has 0 saturated carbocycles. The first-order chi connectivity index (χ1) is 17.2. The quantitative estimate of drug-likeness (QED) is 0.322. The normalized spacial score (nSPS) is 25.6. The molecule has 0 aromatic heterocycles. The number of rotatable bonds is 10. The highest BCUT2D eigenvalue weighted by molar-refractivity contribution is 8.03. The molecule has 206 valence electrons. The molecule has 0 bridgehead atoms. The van der Waals surface area contributed by atoms with Gasteiger partial charge in [-0.25, -0.2) is 14.7 Å². The van der Waals surface area contributed by atoms with Crippen molar-refractivity contribution in [2.24, 2.45) is 11.1 Å². The summed E-state index contributed by atoms with van der Waals surface area (Å²) in [5.41, 5.74) is 0.755. The number of amides is 1. The fourth-order valence-corrected chi connectivity index (χ4v) is 7.52. The van der Waals surface area contributed by atoms with Crippen LogP contribution in [0.4, 0.5) is 0 Å². The number of likely N-dealkylation sites (tertiary alicyclic amines) is 1. The number of carbonyl (C=O) groups excluding carboxylic acids is 1. The van der Waals surface area contributed by atoms with E-state index < -0.39 is 34.2 Å². The molecule has 1 aromatic rings. The molecule has 5 atom stereocenters. The number of carboxylic acid groups (broad SMARTS) is 1. The molecule has 1 saturated heterocycles. The van der Waals surface area contributed by atoms with Gasteiger partial charge in [-0.2, -0.15) is 8.42 Å². The zero-order valence-electron chi connectivity index (χ0n) is 20.7. The van der Waals surface area contributed by atoms with Crippen molar-refractivity contribution < 1.29 is 28.2 Å². The lowest BCUT2D eigenvalue weighted by molar-refractivity contribution is -0.140. The molecule has 2 aliphatic rings. The van der Waals surface area contributed by atoms with E-state index in [1.54, 1.807) is 19.1 Å². The second-order valence-corrected chi connectivity index (χ2v) is 13.1. The average Bonchev–Trinajstić information content (AvgIpc) is 3.27. The minimum Gasteiger partial charge on any atom is -0.477 e. The fraction of sp³-hybridized carbons (Fsp3) is 0.565. The summed E-state index contributed by atoms with van der Waals surface area (Å²) >= 11 is 13.8. The van der Waals surface area contributed by atoms with E-state index >= 15 is 0 Å². The summed E-state index contributed by atoms with van der Waals surface area (Å²) in [7, 11) is -3.91. The number of nitrogens with one attached hydrogen (secondary N) is 1. The maximum Gasteiger partial charge on any atom is 0.353 e. The van der Waals surface area contributed by atoms with Crippen LogP contribution in [0.5, 0.6) is 0 Å². The summed E-state index contributed by atoms with van der Waals surface area (Å²) in [5.74, 6) is -1.89. The SMILES string of the molecule is CC(=O)N1C(C(=O)O)=C(S[C@H]2C[C@@H](CNS(N)(=O)=O)N(Cc3ccc(Cl)cc3Cl)C2)[C@H](C)[C@@H]1C[C@@H](C)O. The third kappa shape index (κ3) is 7.60. The number of nitrogens with two attached hydrogens (primary N) is 1. The van der Waals surface area contributed by atoms with Gasteiger partial charge in [-0.3, -0.25) is 9.69 Å². The van der Waals surface area contributed by atoms with Gasteiger partial charge in [0.05, 0.1) is 6.10 Å². The van der Waals surface area contributed by atoms with Crippen LogP contribution < -0.4 is 9.86 Å². The van der Waals surface area contributed by atoms with Crippen molar-refractivity contribution in [3.8, 4) is 0 Å². The summed E-state index contributed by atoms with van der Waals surface area (Å²) < 4.78 is 25.5. The topological polar surface area (TPSA) is 153 Å². The number of hydrogen-bond donors (Lipinski definition) is 4. The Labute approximate surface area is 231 Å². The third-order valence-corrected chi connectivity index (χ3v) is 9.26. The Morgan fingerprint density at radius 2 is 2.00 bits per heavy atom. The standard InChI is InChI=1S/C23H32Cl2N4O6S2/c1-12(30)6-20-13(2)22(21(23(32)33)29(20)14(3)31)36-18-8-17(9-27-37(26,34)35)28(11-18)10-15-4-5-16(24)7-19(15)25/h4-5,7,12-13,17-18,20,27,30H,6,8-11H2,1-3H3,(H,32,33)(H2,26,34,35)/t12-,13-,17+,18+,20+/m1/s1. The monoisotopic (exact) mass is 594 g/mol. The van der Waals surface area contributed by atoms with Crippen molar-refractivity contribution in [1.29, 1.82) is 0 Å². The van der Waals surface area contributed by atoms with Crippen LogP contribution >= 0.6 is 35.0 Å². The Morgan fingerprint density at radius 3 is 2.54 bits per heavy atom. The molecule has 0 spiro atoms. The number of thioether (sulfide) groups is 1. The lowest BCUT2D eigenvalue weighted by Crippen LogP contribution is -2.42. The third-order valence-electron chi connectivity index (χ3n) is 6.61. The number of halogens is 2. The molecule has 1 amide bonds. The lowest BCUT2D eigenvalue weighted by Gasteiger charge is -2.28. The van der Waals surface area contributed by atoms with Crippen molar-refractivity contribution in [2.45, 2.75) is 63.6 Å². The molecule has 2 aliphatic heterocycles. The van der Waals surface area contributed by atoms with E-state index in [0.29, 0.717) is 34.5 Å². The molecule has 5 N–H and O–H groups in total. The van der Waals surface area contributed by atoms with Crippen molar-refractivity contribution in [3.63, 3.8) is 0 Å². The number of nitrogens with zero attached hydrogens (tertiary/aromatic N) is 2. The second kappa shape index (κ2) is 12.2. The summed E-state index contributed by atoms with van der Waals surface area (Å²) in [4.78, 5) is 28.6. The second-order valence-electron chi connectivity index (χ2n) is 9.54. The number of aliphatic carboxylic acids is 1. The molecule has 10 nitrogen and oxygen atoms in total. The van der Waals surface area contributed by atoms with E-state index in [-0.39, 0.29) is 35.9 Å². The predicted molar refractivity (Wildman–Crippen MR) is 144 cm³/mol. The van der Waals surface area contributed by atoms with Crippen molar-refractivity contribution in [3.05, 3.63) is 44.4 Å². The highest BCUT2D eigenvalue weighted by Crippen LogP contribution is 2.46. The molecular weight excluding hydrogens is 563 g/mol. The van der Waals surface area contributed by atoms with E-state index in [2.05, 4.69) is 9.62 Å². The first-order valence-electron chi connectivity index (χ1n) is 11.7. The molecule has 2 heterocycles. The number of benzene rings is 1. The minimum atomic E-state index is -3.91. The van der Waals surface area contributed by atoms with Crippen molar-refractivity contribution in [2.75, 3.05) is 13.1 Å². The minimum absolute atomic E-state index is 0.0611. The zero-order valence-corrected chi connectivity index (χ0v) is 23.9. The Bertz CT molecular complexity index is 1180. The molecule has 37 heavy (non-hydrogen) atoms. The molecule has 0 unspecified atom stereocenters. The van der Waals surface area contributed by atoms with Crippen LogP contribution in [-0.2, 0) is 26.3 Å². The smallest absolute Gasteiger partial charge is 0.353 e. The van der Waals surface area contributed by atoms with E-state index in [9.17, 15) is 28.2 Å². The van der Waals surface area contributed by atoms with Gasteiger partial charge in [-0.15, -0.1) is 11.8 Å². The Kier molecular flexibility index (Phi) is 9.95. The molecule has 1 fully saturated rings. The highest BCUT2D eigenvalue weighted by Gasteiger charge is 2.45. The Hall–Kier alpha value is -1.38. The van der Waals surface area contributed by atoms with Gasteiger partial charge in [-0.1, -0.05) is 36.2 Å². The summed E-state index contributed by atoms with van der Waals surface area (Å²) in [6.07, 6.45) is 0.0743. The fourth-order valence-electron chi connectivity index (χ4n) is 5.01. The summed E-state index contributed by atoms with van der Waals surface area (Å²) in [5, 5.41) is 26.1. The summed E-state index contributed by atoms with van der Waals surface area (Å²) in [6.45, 7) is 5.81. The van der Waals surface area contributed by atoms with Crippen LogP contribution in [0.1, 0.15) is 39.2 Å². The largest absolute Gasteiger partial charge is 0.477 e. The van der Waals surface area contributed by atoms with E-state index in [1.165, 1.54) is 23.6 Å². The van der Waals surface area contributed by atoms with E-state index in [0.717, 1.165) is 5.56 Å². The van der Waals surface area contributed by atoms with Gasteiger partial charge in [0.15, 0.2) is 0 Å². The van der Waals surface area contributed by atoms with Gasteiger partial charge < -0.3 is 15.1 Å². The van der Waals surface area contributed by atoms with Crippen LogP contribution in [0.3, 0.4) is 0 Å². The van der Waals surface area contributed by atoms with E-state index in [4.69, 9.17) is 28.3 Å². The van der Waals surface area contributed by atoms with Gasteiger partial charge in [0.25, 0.3) is 10.2 Å². The number of hydrogen-bond acceptors (Lipinski definition) is 7. The van der Waals surface area contributed by atoms with Crippen LogP contribution in [0.2, 0.25) is 10.0 Å². The van der Waals surface area contributed by atoms with Gasteiger partial charge in [0, 0.05) is 64.8 Å². The highest BCUT2D eigenvalue weighted by atomic mass is 35.5. The molecular formula is C23H32Cl2N4O6S2. The van der Waals surface area contributed by atoms with Crippen LogP contribution in [0.15, 0.2) is 28.8 Å². The number of aliphatic hydroxyl groups is 1. The van der Waals surface area contributed by atoms with Gasteiger partial charge in [0.1, 0.15) is 5.70 Å². The number of aliphatic hydroxyl groups excluding tert-OH is 1. The van der Waals surface area contributed by atoms with Crippen molar-refractivity contribution in [1.82, 2.24) is 14.5 Å². The molecule has 0 aliphatic carbocycles. The predicted octanol–water partition coefficient (Wildman–Crippen LogP) is 2.40. The number of carbonyl (C=O) groups is 2. The van der Waals surface area contributed by atoms with Crippen LogP contribution in [0, 0.1) is 5.92 Å². The first kappa shape index (κ1) is 30.2. The first-order valence-corrected chi connectivity index (χ1v) is 14.9. The molecule has 14 heteroatoms. The van der Waals surface area contributed by atoms with E-state index in [1.807, 2.05) is 13.0 Å². The average molecular weight is 596 g/mol. The lowest BCUT2D eigenvalue weighted by atomic mass is 9.98. The maximum absolute atomic E-state index is 12.5. The molecule has 1 aromatic carbocycles. The Morgan fingerprint density at radius 1 is 1.32 bits per heavy atom. The summed E-state index contributed by atoms with van der Waals surface area (Å²) in [6, 6.07) is 4.47. The molecule has 3 rings (SSSR count). The van der Waals surface area contributed by atoms with Gasteiger partial charge in [0.2, 0.25) is 5.91 Å². The van der Waals surface area contributed by atoms with Gasteiger partial charge in [-0.05, 0) is 37.5 Å². The molecule has 0 radical (unpaired) electrons. The Balaban J connectivity index is 1.88. The number of carboxylic acids is 1. The van der Waals surface area contributed by atoms with Crippen molar-refractivity contribution >= 4 is 57.0 Å².